The van der Waals surface area contributed by atoms with Gasteiger partial charge in [0.1, 0.15) is 0 Å². The van der Waals surface area contributed by atoms with Gasteiger partial charge in [-0.3, -0.25) is 9.59 Å². The van der Waals surface area contributed by atoms with Crippen LogP contribution >= 0.6 is 0 Å². The molecule has 0 heterocycles. The molecule has 1 unspecified atom stereocenters. The molecule has 0 fully saturated rings. The van der Waals surface area contributed by atoms with Gasteiger partial charge >= 0.3 is 6.18 Å². The van der Waals surface area contributed by atoms with Crippen molar-refractivity contribution in [1.82, 2.24) is 0 Å². The highest BCUT2D eigenvalue weighted by Gasteiger charge is 2.46. The first-order valence-electron chi connectivity index (χ1n) is 6.02. The standard InChI is InChI=1S/C15H11F3O3/c1-21-13(14(20)15(16,17)18)12(19)11-8-4-6-9-5-2-3-7-10(9)11/h2-8,13H,1H3. The normalized spacial score (nSPS) is 13.1. The number of rotatable bonds is 4. The van der Waals surface area contributed by atoms with Gasteiger partial charge in [-0.15, -0.1) is 0 Å². The number of benzene rings is 2. The lowest BCUT2D eigenvalue weighted by Crippen LogP contribution is -2.41. The Bertz CT molecular complexity index is 687. The third kappa shape index (κ3) is 2.95. The molecule has 0 saturated heterocycles. The second kappa shape index (κ2) is 5.65. The fourth-order valence-corrected chi connectivity index (χ4v) is 2.06. The monoisotopic (exact) mass is 296 g/mol. The van der Waals surface area contributed by atoms with E-state index in [9.17, 15) is 22.8 Å². The largest absolute Gasteiger partial charge is 0.453 e. The van der Waals surface area contributed by atoms with Crippen LogP contribution in [0.25, 0.3) is 10.8 Å². The van der Waals surface area contributed by atoms with Gasteiger partial charge in [-0.25, -0.2) is 0 Å². The summed E-state index contributed by atoms with van der Waals surface area (Å²) in [5.74, 6) is -3.21. The minimum atomic E-state index is -5.12. The van der Waals surface area contributed by atoms with Gasteiger partial charge in [0.05, 0.1) is 0 Å². The van der Waals surface area contributed by atoms with Crippen LogP contribution in [0.3, 0.4) is 0 Å². The molecule has 0 aliphatic carbocycles. The zero-order valence-corrected chi connectivity index (χ0v) is 11.0. The molecule has 0 radical (unpaired) electrons. The second-order valence-electron chi connectivity index (χ2n) is 4.37. The van der Waals surface area contributed by atoms with Gasteiger partial charge in [-0.2, -0.15) is 13.2 Å². The third-order valence-electron chi connectivity index (χ3n) is 3.05. The fraction of sp³-hybridized carbons (Fsp3) is 0.200. The molecule has 0 bridgehead atoms. The van der Waals surface area contributed by atoms with E-state index in [1.165, 1.54) is 6.07 Å². The lowest BCUT2D eigenvalue weighted by Gasteiger charge is -2.15. The average molecular weight is 296 g/mol. The summed E-state index contributed by atoms with van der Waals surface area (Å²) in [7, 11) is 0.900. The van der Waals surface area contributed by atoms with Gasteiger partial charge < -0.3 is 4.74 Å². The van der Waals surface area contributed by atoms with Crippen LogP contribution in [0.2, 0.25) is 0 Å². The highest BCUT2D eigenvalue weighted by atomic mass is 19.4. The smallest absolute Gasteiger partial charge is 0.365 e. The maximum Gasteiger partial charge on any atom is 0.453 e. The Morgan fingerprint density at radius 1 is 1.05 bits per heavy atom. The maximum absolute atomic E-state index is 12.5. The quantitative estimate of drug-likeness (QED) is 0.643. The van der Waals surface area contributed by atoms with Crippen LogP contribution in [-0.2, 0) is 9.53 Å². The summed E-state index contributed by atoms with van der Waals surface area (Å²) in [6.07, 6.45) is -7.31. The summed E-state index contributed by atoms with van der Waals surface area (Å²) in [6, 6.07) is 11.4. The Morgan fingerprint density at radius 3 is 2.29 bits per heavy atom. The maximum atomic E-state index is 12.5. The number of alkyl halides is 3. The van der Waals surface area contributed by atoms with Gasteiger partial charge in [-0.05, 0) is 10.8 Å². The van der Waals surface area contributed by atoms with Crippen molar-refractivity contribution in [2.24, 2.45) is 0 Å². The van der Waals surface area contributed by atoms with Gasteiger partial charge in [0.2, 0.25) is 0 Å². The van der Waals surface area contributed by atoms with Crippen molar-refractivity contribution < 1.29 is 27.5 Å². The van der Waals surface area contributed by atoms with Crippen LogP contribution in [-0.4, -0.2) is 31.0 Å². The molecule has 2 aromatic carbocycles. The van der Waals surface area contributed by atoms with Gasteiger partial charge in [0.25, 0.3) is 5.78 Å². The number of carbonyl (C=O) groups is 2. The van der Waals surface area contributed by atoms with Crippen molar-refractivity contribution in [1.29, 1.82) is 0 Å². The lowest BCUT2D eigenvalue weighted by molar-refractivity contribution is -0.178. The van der Waals surface area contributed by atoms with Crippen LogP contribution < -0.4 is 0 Å². The minimum absolute atomic E-state index is 0.0255. The number of ketones is 2. The lowest BCUT2D eigenvalue weighted by atomic mass is 9.97. The molecule has 6 heteroatoms. The van der Waals surface area contributed by atoms with E-state index >= 15 is 0 Å². The number of hydrogen-bond acceptors (Lipinski definition) is 3. The topological polar surface area (TPSA) is 43.4 Å². The van der Waals surface area contributed by atoms with E-state index in [4.69, 9.17) is 0 Å². The number of carbonyl (C=O) groups excluding carboxylic acids is 2. The number of Topliss-reactive ketones (excluding diaryl/α,β-unsaturated/α-hetero) is 2. The van der Waals surface area contributed by atoms with E-state index in [0.717, 1.165) is 7.11 Å². The van der Waals surface area contributed by atoms with E-state index in [0.29, 0.717) is 10.8 Å². The molecular weight excluding hydrogens is 285 g/mol. The Labute approximate surface area is 118 Å². The average Bonchev–Trinajstić information content (AvgIpc) is 2.46. The molecule has 2 aromatic rings. The van der Waals surface area contributed by atoms with Crippen LogP contribution in [0.5, 0.6) is 0 Å². The molecular formula is C15H11F3O3. The molecule has 0 aromatic heterocycles. The van der Waals surface area contributed by atoms with Crippen molar-refractivity contribution in [3.8, 4) is 0 Å². The number of fused-ring (bicyclic) bond motifs is 1. The first-order chi connectivity index (χ1) is 9.86. The Morgan fingerprint density at radius 2 is 1.67 bits per heavy atom. The second-order valence-corrected chi connectivity index (χ2v) is 4.37. The Balaban J connectivity index is 2.48. The summed E-state index contributed by atoms with van der Waals surface area (Å²) in [5.41, 5.74) is 0.0255. The zero-order chi connectivity index (χ0) is 15.6. The Kier molecular flexibility index (Phi) is 4.09. The molecule has 3 nitrogen and oxygen atoms in total. The van der Waals surface area contributed by atoms with Crippen LogP contribution in [0.15, 0.2) is 42.5 Å². The highest BCUT2D eigenvalue weighted by molar-refractivity contribution is 6.19. The van der Waals surface area contributed by atoms with E-state index in [1.807, 2.05) is 0 Å². The molecule has 1 atom stereocenters. The van der Waals surface area contributed by atoms with Crippen molar-refractivity contribution in [3.05, 3.63) is 48.0 Å². The SMILES string of the molecule is COC(C(=O)c1cccc2ccccc12)C(=O)C(F)(F)F. The van der Waals surface area contributed by atoms with E-state index in [1.54, 1.807) is 36.4 Å². The molecule has 0 aliphatic heterocycles. The van der Waals surface area contributed by atoms with Crippen molar-refractivity contribution >= 4 is 22.3 Å². The minimum Gasteiger partial charge on any atom is -0.365 e. The highest BCUT2D eigenvalue weighted by Crippen LogP contribution is 2.24. The first kappa shape index (κ1) is 15.2. The molecule has 0 spiro atoms. The predicted molar refractivity (Wildman–Crippen MR) is 70.1 cm³/mol. The van der Waals surface area contributed by atoms with E-state index in [2.05, 4.69) is 4.74 Å². The number of methoxy groups -OCH3 is 1. The molecule has 110 valence electrons. The molecule has 0 aliphatic rings. The van der Waals surface area contributed by atoms with Crippen LogP contribution in [0.1, 0.15) is 10.4 Å². The first-order valence-corrected chi connectivity index (χ1v) is 6.02. The van der Waals surface area contributed by atoms with Crippen molar-refractivity contribution in [2.45, 2.75) is 12.3 Å². The summed E-state index contributed by atoms with van der Waals surface area (Å²) in [6.45, 7) is 0. The number of hydrogen-bond donors (Lipinski definition) is 0. The molecule has 0 N–H and O–H groups in total. The number of halogens is 3. The van der Waals surface area contributed by atoms with Gasteiger partial charge in [0.15, 0.2) is 11.9 Å². The third-order valence-corrected chi connectivity index (χ3v) is 3.05. The van der Waals surface area contributed by atoms with E-state index < -0.39 is 23.8 Å². The summed E-state index contributed by atoms with van der Waals surface area (Å²) < 4.78 is 42.0. The van der Waals surface area contributed by atoms with E-state index in [-0.39, 0.29) is 5.56 Å². The molecule has 21 heavy (non-hydrogen) atoms. The van der Waals surface area contributed by atoms with Gasteiger partial charge in [0, 0.05) is 12.7 Å². The van der Waals surface area contributed by atoms with Crippen molar-refractivity contribution in [2.75, 3.05) is 7.11 Å². The Hall–Kier alpha value is -2.21. The van der Waals surface area contributed by atoms with Crippen LogP contribution in [0, 0.1) is 0 Å². The molecule has 0 saturated carbocycles. The summed E-state index contributed by atoms with van der Waals surface area (Å²) in [4.78, 5) is 23.5. The zero-order valence-electron chi connectivity index (χ0n) is 11.0. The van der Waals surface area contributed by atoms with Crippen LogP contribution in [0.4, 0.5) is 13.2 Å². The summed E-state index contributed by atoms with van der Waals surface area (Å²) in [5, 5.41) is 1.17. The molecule has 2 rings (SSSR count). The van der Waals surface area contributed by atoms with Gasteiger partial charge in [-0.1, -0.05) is 42.5 Å². The number of ether oxygens (including phenoxy) is 1. The molecule has 0 amide bonds. The predicted octanol–water partition coefficient (Wildman–Crippen LogP) is 3.17. The fourth-order valence-electron chi connectivity index (χ4n) is 2.06. The summed E-state index contributed by atoms with van der Waals surface area (Å²) >= 11 is 0. The van der Waals surface area contributed by atoms with Crippen molar-refractivity contribution in [3.63, 3.8) is 0 Å².